The molecule has 0 radical (unpaired) electrons. The van der Waals surface area contributed by atoms with E-state index in [1.807, 2.05) is 5.57 Å². The molecule has 8 unspecified atom stereocenters. The molecule has 8 atom stereocenters. The van der Waals surface area contributed by atoms with Crippen molar-refractivity contribution in [2.24, 2.45) is 52.3 Å². The summed E-state index contributed by atoms with van der Waals surface area (Å²) in [7, 11) is 0. The summed E-state index contributed by atoms with van der Waals surface area (Å²) in [6.45, 7) is 15.1. The highest BCUT2D eigenvalue weighted by Gasteiger charge is 2.55. The van der Waals surface area contributed by atoms with Crippen molar-refractivity contribution in [3.8, 4) is 0 Å². The van der Waals surface area contributed by atoms with Crippen LogP contribution in [0.4, 0.5) is 0 Å². The molecule has 28 heavy (non-hydrogen) atoms. The van der Waals surface area contributed by atoms with Crippen molar-refractivity contribution in [1.82, 2.24) is 0 Å². The van der Waals surface area contributed by atoms with E-state index >= 15 is 0 Å². The quantitative estimate of drug-likeness (QED) is 0.418. The first-order chi connectivity index (χ1) is 13.3. The van der Waals surface area contributed by atoms with Gasteiger partial charge in [0.15, 0.2) is 0 Å². The van der Waals surface area contributed by atoms with Gasteiger partial charge in [-0.1, -0.05) is 84.6 Å². The van der Waals surface area contributed by atoms with Crippen LogP contribution in [0.5, 0.6) is 0 Å². The lowest BCUT2D eigenvalue weighted by Crippen LogP contribution is -2.48. The Hall–Kier alpha value is -0.520. The molecule has 2 fully saturated rings. The SMILES string of the molecule is CC(C)CCCC(C)C1C=CC2C3CCC4CC(C)CCC4(C)C3=CCC12C. The summed E-state index contributed by atoms with van der Waals surface area (Å²) >= 11 is 0. The van der Waals surface area contributed by atoms with E-state index in [4.69, 9.17) is 0 Å². The van der Waals surface area contributed by atoms with Crippen LogP contribution in [0.1, 0.15) is 99.3 Å². The van der Waals surface area contributed by atoms with Crippen LogP contribution in [0.15, 0.2) is 23.8 Å². The lowest BCUT2D eigenvalue weighted by atomic mass is 9.47. The van der Waals surface area contributed by atoms with Crippen molar-refractivity contribution >= 4 is 0 Å². The highest BCUT2D eigenvalue weighted by atomic mass is 14.6. The minimum atomic E-state index is 0.483. The van der Waals surface area contributed by atoms with Gasteiger partial charge in [0.1, 0.15) is 0 Å². The predicted octanol–water partition coefficient (Wildman–Crippen LogP) is 8.44. The van der Waals surface area contributed by atoms with Gasteiger partial charge in [-0.05, 0) is 90.8 Å². The van der Waals surface area contributed by atoms with Gasteiger partial charge in [-0.25, -0.2) is 0 Å². The monoisotopic (exact) mass is 382 g/mol. The maximum atomic E-state index is 2.78. The molecule has 4 aliphatic carbocycles. The Bertz CT molecular complexity index is 624. The van der Waals surface area contributed by atoms with Crippen LogP contribution in [-0.2, 0) is 0 Å². The maximum Gasteiger partial charge on any atom is -0.00849 e. The maximum absolute atomic E-state index is 2.78. The second kappa shape index (κ2) is 7.63. The molecule has 4 rings (SSSR count). The Kier molecular flexibility index (Phi) is 5.65. The Labute approximate surface area is 175 Å². The molecule has 0 amide bonds. The smallest absolute Gasteiger partial charge is 0.00849 e. The van der Waals surface area contributed by atoms with Crippen molar-refractivity contribution < 1.29 is 0 Å². The van der Waals surface area contributed by atoms with E-state index in [2.05, 4.69) is 59.8 Å². The fourth-order valence-electron chi connectivity index (χ4n) is 8.11. The van der Waals surface area contributed by atoms with Gasteiger partial charge in [0.25, 0.3) is 0 Å². The molecular formula is C28H46. The molecule has 0 heterocycles. The average Bonchev–Trinajstić information content (AvgIpc) is 2.99. The minimum absolute atomic E-state index is 0.483. The zero-order valence-electron chi connectivity index (χ0n) is 19.6. The number of hydrogen-bond donors (Lipinski definition) is 0. The van der Waals surface area contributed by atoms with E-state index in [1.54, 1.807) is 0 Å². The summed E-state index contributed by atoms with van der Waals surface area (Å²) in [5.74, 6) is 6.04. The molecule has 0 aliphatic heterocycles. The molecule has 0 aromatic heterocycles. The van der Waals surface area contributed by atoms with Crippen molar-refractivity contribution in [2.75, 3.05) is 0 Å². The fraction of sp³-hybridized carbons (Fsp3) is 0.857. The fourth-order valence-corrected chi connectivity index (χ4v) is 8.11. The lowest BCUT2D eigenvalue weighted by molar-refractivity contribution is 0.0185. The van der Waals surface area contributed by atoms with Crippen LogP contribution in [-0.4, -0.2) is 0 Å². The molecule has 2 saturated carbocycles. The average molecular weight is 383 g/mol. The number of rotatable bonds is 5. The highest BCUT2D eigenvalue weighted by molar-refractivity contribution is 5.32. The first kappa shape index (κ1) is 20.7. The van der Waals surface area contributed by atoms with Gasteiger partial charge in [-0.3, -0.25) is 0 Å². The van der Waals surface area contributed by atoms with Crippen LogP contribution >= 0.6 is 0 Å². The first-order valence-electron chi connectivity index (χ1n) is 12.6. The van der Waals surface area contributed by atoms with Crippen molar-refractivity contribution in [2.45, 2.75) is 99.3 Å². The van der Waals surface area contributed by atoms with E-state index in [1.165, 1.54) is 57.8 Å². The van der Waals surface area contributed by atoms with Crippen molar-refractivity contribution in [3.63, 3.8) is 0 Å². The summed E-state index contributed by atoms with van der Waals surface area (Å²) in [4.78, 5) is 0. The van der Waals surface area contributed by atoms with Crippen molar-refractivity contribution in [1.29, 1.82) is 0 Å². The van der Waals surface area contributed by atoms with Gasteiger partial charge in [-0.15, -0.1) is 0 Å². The van der Waals surface area contributed by atoms with Gasteiger partial charge in [0.05, 0.1) is 0 Å². The largest absolute Gasteiger partial charge is 0.0843 e. The molecule has 0 nitrogen and oxygen atoms in total. The second-order valence-electron chi connectivity index (χ2n) is 12.3. The Morgan fingerprint density at radius 1 is 1.04 bits per heavy atom. The second-order valence-corrected chi connectivity index (χ2v) is 12.3. The molecule has 0 aromatic rings. The number of fused-ring (bicyclic) bond motifs is 5. The number of hydrogen-bond acceptors (Lipinski definition) is 0. The van der Waals surface area contributed by atoms with Crippen LogP contribution in [0.2, 0.25) is 0 Å². The first-order valence-corrected chi connectivity index (χ1v) is 12.6. The van der Waals surface area contributed by atoms with Crippen LogP contribution < -0.4 is 0 Å². The third-order valence-electron chi connectivity index (χ3n) is 9.93. The Balaban J connectivity index is 1.52. The van der Waals surface area contributed by atoms with Gasteiger partial charge >= 0.3 is 0 Å². The van der Waals surface area contributed by atoms with E-state index in [-0.39, 0.29) is 0 Å². The van der Waals surface area contributed by atoms with E-state index in [0.29, 0.717) is 10.8 Å². The summed E-state index contributed by atoms with van der Waals surface area (Å²) in [6, 6.07) is 0. The zero-order chi connectivity index (χ0) is 20.1. The summed E-state index contributed by atoms with van der Waals surface area (Å²) < 4.78 is 0. The zero-order valence-corrected chi connectivity index (χ0v) is 19.6. The van der Waals surface area contributed by atoms with Gasteiger partial charge in [0, 0.05) is 0 Å². The minimum Gasteiger partial charge on any atom is -0.0843 e. The molecule has 0 N–H and O–H groups in total. The topological polar surface area (TPSA) is 0 Å². The van der Waals surface area contributed by atoms with E-state index < -0.39 is 0 Å². The van der Waals surface area contributed by atoms with Crippen LogP contribution in [0.25, 0.3) is 0 Å². The highest BCUT2D eigenvalue weighted by Crippen LogP contribution is 2.65. The van der Waals surface area contributed by atoms with E-state index in [9.17, 15) is 0 Å². The van der Waals surface area contributed by atoms with Crippen molar-refractivity contribution in [3.05, 3.63) is 23.8 Å². The molecule has 4 aliphatic rings. The molecular weight excluding hydrogens is 336 g/mol. The molecule has 0 saturated heterocycles. The molecule has 0 heteroatoms. The molecule has 0 spiro atoms. The molecule has 158 valence electrons. The Morgan fingerprint density at radius 2 is 1.82 bits per heavy atom. The van der Waals surface area contributed by atoms with Crippen LogP contribution in [0, 0.1) is 52.3 Å². The van der Waals surface area contributed by atoms with Gasteiger partial charge in [0.2, 0.25) is 0 Å². The standard InChI is InChI=1S/C28H46/c1-19(2)8-7-9-21(4)24-12-13-25-23-11-10-22-18-20(3)14-16-27(22,5)26(23)15-17-28(24,25)6/h12-13,15,19-25H,7-11,14,16-18H2,1-6H3. The molecule has 0 bridgehead atoms. The van der Waals surface area contributed by atoms with Crippen LogP contribution in [0.3, 0.4) is 0 Å². The molecule has 0 aromatic carbocycles. The van der Waals surface area contributed by atoms with Gasteiger partial charge in [-0.2, -0.15) is 0 Å². The predicted molar refractivity (Wildman–Crippen MR) is 122 cm³/mol. The van der Waals surface area contributed by atoms with E-state index in [0.717, 1.165) is 41.4 Å². The summed E-state index contributed by atoms with van der Waals surface area (Å²) in [5.41, 5.74) is 2.90. The third-order valence-corrected chi connectivity index (χ3v) is 9.93. The Morgan fingerprint density at radius 3 is 2.57 bits per heavy atom. The third kappa shape index (κ3) is 3.35. The normalized spacial score (nSPS) is 46.0. The lowest BCUT2D eigenvalue weighted by Gasteiger charge is -2.57. The van der Waals surface area contributed by atoms with Gasteiger partial charge < -0.3 is 0 Å². The summed E-state index contributed by atoms with van der Waals surface area (Å²) in [5, 5.41) is 0. The summed E-state index contributed by atoms with van der Waals surface area (Å²) in [6.07, 6.45) is 21.0. The number of allylic oxidation sites excluding steroid dienone is 4.